The van der Waals surface area contributed by atoms with E-state index in [0.717, 1.165) is 0 Å². The molecule has 1 atom stereocenters. The molecule has 0 aliphatic heterocycles. The average Bonchev–Trinajstić information content (AvgIpc) is 2.38. The van der Waals surface area contributed by atoms with E-state index < -0.39 is 15.8 Å². The maximum Gasteiger partial charge on any atom is 0.251 e. The maximum atomic E-state index is 12.4. The molecule has 19 heavy (non-hydrogen) atoms. The van der Waals surface area contributed by atoms with Crippen LogP contribution in [0.25, 0.3) is 0 Å². The number of hydrogen-bond donors (Lipinski definition) is 1. The molecule has 0 spiro atoms. The van der Waals surface area contributed by atoms with E-state index in [1.807, 2.05) is 20.8 Å². The van der Waals surface area contributed by atoms with Crippen LogP contribution in [-0.2, 0) is 9.84 Å². The Labute approximate surface area is 112 Å². The number of nitrogens with one attached hydrogen (secondary N) is 1. The summed E-state index contributed by atoms with van der Waals surface area (Å²) in [6.45, 7) is 5.80. The Morgan fingerprint density at radius 2 is 1.95 bits per heavy atom. The fraction of sp³-hybridized carbons (Fsp3) is 0.462. The number of benzene rings is 1. The first kappa shape index (κ1) is 15.6. The number of sulfone groups is 1. The molecule has 6 heteroatoms. The van der Waals surface area contributed by atoms with E-state index in [0.29, 0.717) is 0 Å². The van der Waals surface area contributed by atoms with Crippen LogP contribution in [-0.4, -0.2) is 26.4 Å². The highest BCUT2D eigenvalue weighted by Crippen LogP contribution is 2.14. The normalized spacial score (nSPS) is 13.3. The minimum Gasteiger partial charge on any atom is -0.349 e. The number of alkyl halides is 1. The predicted octanol–water partition coefficient (Wildman–Crippen LogP) is 2.16. The van der Waals surface area contributed by atoms with Gasteiger partial charge in [0.2, 0.25) is 9.84 Å². The zero-order valence-corrected chi connectivity index (χ0v) is 12.0. The fourth-order valence-electron chi connectivity index (χ4n) is 1.35. The summed E-state index contributed by atoms with van der Waals surface area (Å²) >= 11 is 0. The van der Waals surface area contributed by atoms with Crippen molar-refractivity contribution >= 4 is 15.7 Å². The molecular weight excluding hydrogens is 269 g/mol. The summed E-state index contributed by atoms with van der Waals surface area (Å²) in [7, 11) is -3.95. The van der Waals surface area contributed by atoms with Crippen LogP contribution in [0.3, 0.4) is 0 Å². The smallest absolute Gasteiger partial charge is 0.251 e. The Bertz CT molecular complexity index is 555. The molecule has 0 aromatic heterocycles. The van der Waals surface area contributed by atoms with Gasteiger partial charge in [-0.25, -0.2) is 12.8 Å². The summed E-state index contributed by atoms with van der Waals surface area (Å²) in [5.74, 6) is -0.0983. The molecule has 1 aromatic rings. The summed E-state index contributed by atoms with van der Waals surface area (Å²) in [5.41, 5.74) is 0.210. The van der Waals surface area contributed by atoms with Crippen molar-refractivity contribution in [1.29, 1.82) is 0 Å². The SMILES string of the molecule is CC(C)C(C)NC(=O)c1cccc(S(=O)(=O)CF)c1. The van der Waals surface area contributed by atoms with Crippen LogP contribution < -0.4 is 5.32 Å². The van der Waals surface area contributed by atoms with E-state index >= 15 is 0 Å². The first-order chi connectivity index (χ1) is 8.77. The number of amides is 1. The van der Waals surface area contributed by atoms with E-state index in [9.17, 15) is 17.6 Å². The van der Waals surface area contributed by atoms with Crippen molar-refractivity contribution < 1.29 is 17.6 Å². The van der Waals surface area contributed by atoms with Gasteiger partial charge in [-0.1, -0.05) is 19.9 Å². The molecule has 106 valence electrons. The van der Waals surface area contributed by atoms with E-state index in [1.165, 1.54) is 24.3 Å². The first-order valence-corrected chi connectivity index (χ1v) is 7.63. The van der Waals surface area contributed by atoms with Crippen LogP contribution in [0.2, 0.25) is 0 Å². The molecule has 0 fully saturated rings. The zero-order chi connectivity index (χ0) is 14.6. The average molecular weight is 287 g/mol. The maximum absolute atomic E-state index is 12.4. The van der Waals surface area contributed by atoms with E-state index in [-0.39, 0.29) is 28.3 Å². The van der Waals surface area contributed by atoms with Crippen LogP contribution in [0.5, 0.6) is 0 Å². The molecule has 1 unspecified atom stereocenters. The highest BCUT2D eigenvalue weighted by Gasteiger charge is 2.17. The summed E-state index contributed by atoms with van der Waals surface area (Å²) in [6, 6.07) is 3.89. The molecule has 0 radical (unpaired) electrons. The minimum atomic E-state index is -3.95. The molecule has 0 bridgehead atoms. The van der Waals surface area contributed by atoms with Crippen molar-refractivity contribution in [3.8, 4) is 0 Å². The Hall–Kier alpha value is -1.43. The van der Waals surface area contributed by atoms with Gasteiger partial charge in [-0.3, -0.25) is 4.79 Å². The van der Waals surface area contributed by atoms with Gasteiger partial charge in [0.25, 0.3) is 5.91 Å². The van der Waals surface area contributed by atoms with Gasteiger partial charge in [-0.05, 0) is 31.0 Å². The van der Waals surface area contributed by atoms with Crippen molar-refractivity contribution in [2.24, 2.45) is 5.92 Å². The first-order valence-electron chi connectivity index (χ1n) is 5.97. The lowest BCUT2D eigenvalue weighted by molar-refractivity contribution is 0.0930. The number of carbonyl (C=O) groups is 1. The van der Waals surface area contributed by atoms with Gasteiger partial charge in [-0.15, -0.1) is 0 Å². The highest BCUT2D eigenvalue weighted by molar-refractivity contribution is 7.91. The molecule has 0 saturated carbocycles. The van der Waals surface area contributed by atoms with Crippen LogP contribution in [0.1, 0.15) is 31.1 Å². The van der Waals surface area contributed by atoms with Gasteiger partial charge < -0.3 is 5.32 Å². The summed E-state index contributed by atoms with van der Waals surface area (Å²) in [4.78, 5) is 11.7. The monoisotopic (exact) mass is 287 g/mol. The third kappa shape index (κ3) is 4.02. The molecule has 1 aromatic carbocycles. The quantitative estimate of drug-likeness (QED) is 0.902. The number of rotatable bonds is 5. The largest absolute Gasteiger partial charge is 0.349 e. The number of halogens is 1. The Kier molecular flexibility index (Phi) is 5.05. The third-order valence-electron chi connectivity index (χ3n) is 2.96. The van der Waals surface area contributed by atoms with Gasteiger partial charge in [0.05, 0.1) is 4.90 Å². The second kappa shape index (κ2) is 6.14. The predicted molar refractivity (Wildman–Crippen MR) is 71.4 cm³/mol. The van der Waals surface area contributed by atoms with Gasteiger partial charge in [-0.2, -0.15) is 0 Å². The molecule has 1 amide bonds. The molecule has 0 saturated heterocycles. The van der Waals surface area contributed by atoms with Crippen molar-refractivity contribution in [2.75, 3.05) is 6.01 Å². The number of carbonyl (C=O) groups excluding carboxylic acids is 1. The van der Waals surface area contributed by atoms with E-state index in [4.69, 9.17) is 0 Å². The molecule has 0 heterocycles. The molecule has 1 N–H and O–H groups in total. The minimum absolute atomic E-state index is 0.0334. The lowest BCUT2D eigenvalue weighted by Gasteiger charge is -2.17. The number of hydrogen-bond acceptors (Lipinski definition) is 3. The topological polar surface area (TPSA) is 63.2 Å². The van der Waals surface area contributed by atoms with Crippen LogP contribution in [0, 0.1) is 5.92 Å². The lowest BCUT2D eigenvalue weighted by Crippen LogP contribution is -2.36. The molecule has 0 aliphatic carbocycles. The van der Waals surface area contributed by atoms with E-state index in [2.05, 4.69) is 5.32 Å². The highest BCUT2D eigenvalue weighted by atomic mass is 32.2. The van der Waals surface area contributed by atoms with Crippen molar-refractivity contribution in [2.45, 2.75) is 31.7 Å². The second-order valence-electron chi connectivity index (χ2n) is 4.76. The van der Waals surface area contributed by atoms with Gasteiger partial charge in [0, 0.05) is 11.6 Å². The molecule has 4 nitrogen and oxygen atoms in total. The third-order valence-corrected chi connectivity index (χ3v) is 4.22. The summed E-state index contributed by atoms with van der Waals surface area (Å²) in [5, 5.41) is 2.76. The van der Waals surface area contributed by atoms with Crippen LogP contribution >= 0.6 is 0 Å². The summed E-state index contributed by atoms with van der Waals surface area (Å²) in [6.07, 6.45) is 0. The molecular formula is C13H18FNO3S. The lowest BCUT2D eigenvalue weighted by atomic mass is 10.1. The van der Waals surface area contributed by atoms with Crippen LogP contribution in [0.15, 0.2) is 29.2 Å². The molecule has 0 aliphatic rings. The van der Waals surface area contributed by atoms with Crippen molar-refractivity contribution in [3.05, 3.63) is 29.8 Å². The van der Waals surface area contributed by atoms with Crippen LogP contribution in [0.4, 0.5) is 4.39 Å². The zero-order valence-electron chi connectivity index (χ0n) is 11.2. The van der Waals surface area contributed by atoms with Gasteiger partial charge in [0.1, 0.15) is 0 Å². The fourth-order valence-corrected chi connectivity index (χ4v) is 2.07. The van der Waals surface area contributed by atoms with Crippen molar-refractivity contribution in [3.63, 3.8) is 0 Å². The second-order valence-corrected chi connectivity index (χ2v) is 6.68. The van der Waals surface area contributed by atoms with E-state index in [1.54, 1.807) is 0 Å². The Balaban J connectivity index is 2.97. The molecule has 1 rings (SSSR count). The summed E-state index contributed by atoms with van der Waals surface area (Å²) < 4.78 is 35.2. The standard InChI is InChI=1S/C13H18FNO3S/c1-9(2)10(3)15-13(16)11-5-4-6-12(7-11)19(17,18)8-14/h4-7,9-10H,8H2,1-3H3,(H,15,16). The Morgan fingerprint density at radius 3 is 2.47 bits per heavy atom. The van der Waals surface area contributed by atoms with Gasteiger partial charge in [0.15, 0.2) is 6.01 Å². The van der Waals surface area contributed by atoms with Gasteiger partial charge >= 0.3 is 0 Å². The Morgan fingerprint density at radius 1 is 1.32 bits per heavy atom. The van der Waals surface area contributed by atoms with Crippen molar-refractivity contribution in [1.82, 2.24) is 5.32 Å².